The molecule has 3 aliphatic heterocycles. The van der Waals surface area contributed by atoms with Gasteiger partial charge >= 0.3 is 0 Å². The van der Waals surface area contributed by atoms with Gasteiger partial charge in [0.2, 0.25) is 0 Å². The summed E-state index contributed by atoms with van der Waals surface area (Å²) in [5.74, 6) is 0.837. The van der Waals surface area contributed by atoms with Crippen molar-refractivity contribution in [3.8, 4) is 0 Å². The molecule has 0 aliphatic carbocycles. The molecule has 106 valence electrons. The Bertz CT molecular complexity index is 543. The number of hydrogen-bond donors (Lipinski definition) is 1. The average molecular weight is 272 g/mol. The summed E-state index contributed by atoms with van der Waals surface area (Å²) in [6.07, 6.45) is 2.38. The van der Waals surface area contributed by atoms with Gasteiger partial charge in [0.25, 0.3) is 5.91 Å². The molecule has 3 heterocycles. The van der Waals surface area contributed by atoms with Crippen molar-refractivity contribution in [2.24, 2.45) is 5.92 Å². The number of piperidine rings is 1. The molecule has 4 rings (SSSR count). The third-order valence-corrected chi connectivity index (χ3v) is 4.91. The summed E-state index contributed by atoms with van der Waals surface area (Å²) < 4.78 is 5.43. The molecule has 1 aromatic carbocycles. The van der Waals surface area contributed by atoms with Crippen LogP contribution in [0.2, 0.25) is 0 Å². The highest BCUT2D eigenvalue weighted by Crippen LogP contribution is 2.28. The van der Waals surface area contributed by atoms with Crippen molar-refractivity contribution in [1.82, 2.24) is 10.2 Å². The third-order valence-electron chi connectivity index (χ3n) is 4.91. The summed E-state index contributed by atoms with van der Waals surface area (Å²) in [6.45, 7) is 4.23. The van der Waals surface area contributed by atoms with Crippen LogP contribution in [0.4, 0.5) is 0 Å². The van der Waals surface area contributed by atoms with Crippen LogP contribution >= 0.6 is 0 Å². The molecule has 0 bridgehead atoms. The Morgan fingerprint density at radius 2 is 2.15 bits per heavy atom. The molecule has 4 heteroatoms. The molecule has 0 saturated carbocycles. The maximum atomic E-state index is 12.8. The Morgan fingerprint density at radius 3 is 3.10 bits per heavy atom. The first-order chi connectivity index (χ1) is 9.83. The summed E-state index contributed by atoms with van der Waals surface area (Å²) in [5.41, 5.74) is 3.22. The number of hydrogen-bond acceptors (Lipinski definition) is 3. The van der Waals surface area contributed by atoms with Gasteiger partial charge in [0.1, 0.15) is 0 Å². The normalized spacial score (nSPS) is 28.3. The van der Waals surface area contributed by atoms with Gasteiger partial charge in [0.05, 0.1) is 13.2 Å². The second-order valence-electron chi connectivity index (χ2n) is 6.10. The number of carbonyl (C=O) groups is 1. The predicted octanol–water partition coefficient (Wildman–Crippen LogP) is 1.54. The van der Waals surface area contributed by atoms with E-state index in [-0.39, 0.29) is 5.91 Å². The molecular weight excluding hydrogens is 252 g/mol. The number of fused-ring (bicyclic) bond motifs is 2. The summed E-state index contributed by atoms with van der Waals surface area (Å²) in [7, 11) is 0. The minimum Gasteiger partial charge on any atom is -0.372 e. The molecule has 2 unspecified atom stereocenters. The largest absolute Gasteiger partial charge is 0.372 e. The zero-order valence-electron chi connectivity index (χ0n) is 11.6. The maximum absolute atomic E-state index is 12.8. The predicted molar refractivity (Wildman–Crippen MR) is 75.4 cm³/mol. The molecule has 3 aliphatic rings. The van der Waals surface area contributed by atoms with Gasteiger partial charge in [0.15, 0.2) is 0 Å². The minimum atomic E-state index is 0.193. The minimum absolute atomic E-state index is 0.193. The molecule has 4 nitrogen and oxygen atoms in total. The van der Waals surface area contributed by atoms with Crippen LogP contribution in [0.5, 0.6) is 0 Å². The monoisotopic (exact) mass is 272 g/mol. The van der Waals surface area contributed by atoms with E-state index >= 15 is 0 Å². The van der Waals surface area contributed by atoms with Crippen molar-refractivity contribution in [3.63, 3.8) is 0 Å². The Labute approximate surface area is 119 Å². The van der Waals surface area contributed by atoms with Gasteiger partial charge < -0.3 is 15.0 Å². The molecule has 2 fully saturated rings. The standard InChI is InChI=1S/C16H20N2O2/c19-16(11-3-4-13-9-20-10-14(13)6-11)18-5-1-2-12-7-17-8-15(12)18/h3-4,6,12,15,17H,1-2,5,7-10H2. The van der Waals surface area contributed by atoms with E-state index in [1.165, 1.54) is 17.5 Å². The van der Waals surface area contributed by atoms with E-state index in [4.69, 9.17) is 4.74 Å². The molecular formula is C16H20N2O2. The van der Waals surface area contributed by atoms with Gasteiger partial charge in [0, 0.05) is 31.2 Å². The number of nitrogens with one attached hydrogen (secondary N) is 1. The van der Waals surface area contributed by atoms with Gasteiger partial charge in [-0.2, -0.15) is 0 Å². The summed E-state index contributed by atoms with van der Waals surface area (Å²) >= 11 is 0. The fourth-order valence-corrected chi connectivity index (χ4v) is 3.79. The number of carbonyl (C=O) groups excluding carboxylic acids is 1. The Morgan fingerprint density at radius 1 is 1.25 bits per heavy atom. The Kier molecular flexibility index (Phi) is 3.00. The fourth-order valence-electron chi connectivity index (χ4n) is 3.79. The zero-order valence-corrected chi connectivity index (χ0v) is 11.6. The molecule has 0 spiro atoms. The second kappa shape index (κ2) is 4.86. The lowest BCUT2D eigenvalue weighted by atomic mass is 9.91. The lowest BCUT2D eigenvalue weighted by Crippen LogP contribution is -2.48. The van der Waals surface area contributed by atoms with Crippen molar-refractivity contribution < 1.29 is 9.53 Å². The molecule has 2 atom stereocenters. The van der Waals surface area contributed by atoms with Gasteiger partial charge in [-0.05, 0) is 42.0 Å². The fraction of sp³-hybridized carbons (Fsp3) is 0.562. The highest BCUT2D eigenvalue weighted by atomic mass is 16.5. The highest BCUT2D eigenvalue weighted by Gasteiger charge is 2.37. The van der Waals surface area contributed by atoms with Crippen LogP contribution in [-0.4, -0.2) is 36.5 Å². The molecule has 0 radical (unpaired) electrons. The average Bonchev–Trinajstić information content (AvgIpc) is 3.13. The smallest absolute Gasteiger partial charge is 0.254 e. The van der Waals surface area contributed by atoms with Crippen LogP contribution in [0.3, 0.4) is 0 Å². The van der Waals surface area contributed by atoms with Crippen LogP contribution in [-0.2, 0) is 18.0 Å². The quantitative estimate of drug-likeness (QED) is 0.843. The molecule has 20 heavy (non-hydrogen) atoms. The molecule has 0 aromatic heterocycles. The zero-order chi connectivity index (χ0) is 13.5. The van der Waals surface area contributed by atoms with Crippen LogP contribution in [0.1, 0.15) is 34.3 Å². The van der Waals surface area contributed by atoms with E-state index in [1.807, 2.05) is 18.2 Å². The number of rotatable bonds is 1. The van der Waals surface area contributed by atoms with Crippen LogP contribution in [0, 0.1) is 5.92 Å². The van der Waals surface area contributed by atoms with E-state index in [0.29, 0.717) is 25.2 Å². The van der Waals surface area contributed by atoms with E-state index in [2.05, 4.69) is 10.2 Å². The first-order valence-corrected chi connectivity index (χ1v) is 7.54. The third kappa shape index (κ3) is 1.95. The van der Waals surface area contributed by atoms with Crippen LogP contribution in [0.25, 0.3) is 0 Å². The SMILES string of the molecule is O=C(c1ccc2c(c1)COC2)N1CCCC2CNCC21. The van der Waals surface area contributed by atoms with E-state index in [9.17, 15) is 4.79 Å². The number of ether oxygens (including phenoxy) is 1. The van der Waals surface area contributed by atoms with E-state index in [0.717, 1.165) is 31.6 Å². The van der Waals surface area contributed by atoms with Crippen LogP contribution in [0.15, 0.2) is 18.2 Å². The van der Waals surface area contributed by atoms with Crippen molar-refractivity contribution in [1.29, 1.82) is 0 Å². The van der Waals surface area contributed by atoms with Crippen molar-refractivity contribution in [2.45, 2.75) is 32.1 Å². The summed E-state index contributed by atoms with van der Waals surface area (Å²) in [4.78, 5) is 14.9. The van der Waals surface area contributed by atoms with Crippen LogP contribution < -0.4 is 5.32 Å². The number of amides is 1. The van der Waals surface area contributed by atoms with Gasteiger partial charge in [-0.15, -0.1) is 0 Å². The summed E-state index contributed by atoms with van der Waals surface area (Å²) in [5, 5.41) is 3.43. The number of benzene rings is 1. The first-order valence-electron chi connectivity index (χ1n) is 7.54. The van der Waals surface area contributed by atoms with E-state index in [1.54, 1.807) is 0 Å². The van der Waals surface area contributed by atoms with Gasteiger partial charge in [-0.3, -0.25) is 4.79 Å². The lowest BCUT2D eigenvalue weighted by molar-refractivity contribution is 0.0574. The van der Waals surface area contributed by atoms with Gasteiger partial charge in [-0.1, -0.05) is 6.07 Å². The topological polar surface area (TPSA) is 41.6 Å². The van der Waals surface area contributed by atoms with Crippen molar-refractivity contribution in [3.05, 3.63) is 34.9 Å². The lowest BCUT2D eigenvalue weighted by Gasteiger charge is -2.37. The number of likely N-dealkylation sites (tertiary alicyclic amines) is 1. The summed E-state index contributed by atoms with van der Waals surface area (Å²) in [6, 6.07) is 6.42. The molecule has 1 N–H and O–H groups in total. The van der Waals surface area contributed by atoms with Crippen molar-refractivity contribution >= 4 is 5.91 Å². The highest BCUT2D eigenvalue weighted by molar-refractivity contribution is 5.95. The van der Waals surface area contributed by atoms with Gasteiger partial charge in [-0.25, -0.2) is 0 Å². The second-order valence-corrected chi connectivity index (χ2v) is 6.10. The van der Waals surface area contributed by atoms with E-state index < -0.39 is 0 Å². The Balaban J connectivity index is 1.60. The number of nitrogens with zero attached hydrogens (tertiary/aromatic N) is 1. The van der Waals surface area contributed by atoms with Crippen molar-refractivity contribution in [2.75, 3.05) is 19.6 Å². The molecule has 1 aromatic rings. The Hall–Kier alpha value is -1.39. The molecule has 1 amide bonds. The first kappa shape index (κ1) is 12.4. The molecule has 2 saturated heterocycles. The maximum Gasteiger partial charge on any atom is 0.254 e.